The molecule has 0 unspecified atom stereocenters. The number of nitrogens with one attached hydrogen (secondary N) is 1. The maximum Gasteiger partial charge on any atom is 0.225 e. The van der Waals surface area contributed by atoms with Crippen LogP contribution in [0.3, 0.4) is 0 Å². The van der Waals surface area contributed by atoms with E-state index in [1.807, 2.05) is 12.1 Å². The number of carbonyl (C=O) groups excluding carboxylic acids is 1. The summed E-state index contributed by atoms with van der Waals surface area (Å²) in [6.45, 7) is 2.70. The maximum atomic E-state index is 12.0. The molecular weight excluding hydrogens is 264 g/mol. The van der Waals surface area contributed by atoms with Gasteiger partial charge in [-0.15, -0.1) is 0 Å². The molecule has 0 bridgehead atoms. The number of hydrogen-bond acceptors (Lipinski definition) is 3. The van der Waals surface area contributed by atoms with Gasteiger partial charge in [-0.1, -0.05) is 12.1 Å². The van der Waals surface area contributed by atoms with Crippen LogP contribution in [0.2, 0.25) is 0 Å². The van der Waals surface area contributed by atoms with Crippen LogP contribution in [0, 0.1) is 5.92 Å². The molecule has 3 rings (SSSR count). The van der Waals surface area contributed by atoms with Gasteiger partial charge in [-0.2, -0.15) is 0 Å². The third kappa shape index (κ3) is 3.76. The number of likely N-dealkylation sites (tertiary alicyclic amines) is 1. The summed E-state index contributed by atoms with van der Waals surface area (Å²) in [5, 5.41) is 3.60. The second-order valence-corrected chi connectivity index (χ2v) is 6.10. The average molecular weight is 288 g/mol. The summed E-state index contributed by atoms with van der Waals surface area (Å²) in [7, 11) is 1.68. The van der Waals surface area contributed by atoms with Crippen molar-refractivity contribution in [3.63, 3.8) is 0 Å². The van der Waals surface area contributed by atoms with E-state index in [1.54, 1.807) is 7.11 Å². The molecule has 114 valence electrons. The molecule has 1 amide bonds. The van der Waals surface area contributed by atoms with Gasteiger partial charge in [0.15, 0.2) is 0 Å². The molecule has 0 atom stereocenters. The smallest absolute Gasteiger partial charge is 0.225 e. The summed E-state index contributed by atoms with van der Waals surface area (Å²) in [5.41, 5.74) is 1.27. The Morgan fingerprint density at radius 1 is 1.19 bits per heavy atom. The average Bonchev–Trinajstić information content (AvgIpc) is 3.38. The number of hydrogen-bond donors (Lipinski definition) is 1. The monoisotopic (exact) mass is 288 g/mol. The van der Waals surface area contributed by atoms with Gasteiger partial charge in [0.05, 0.1) is 7.11 Å². The fraction of sp³-hybridized carbons (Fsp3) is 0.588. The fourth-order valence-electron chi connectivity index (χ4n) is 2.90. The summed E-state index contributed by atoms with van der Waals surface area (Å²) in [6, 6.07) is 8.70. The molecule has 1 N–H and O–H groups in total. The molecule has 1 heterocycles. The highest BCUT2D eigenvalue weighted by atomic mass is 16.5. The Morgan fingerprint density at radius 3 is 2.43 bits per heavy atom. The summed E-state index contributed by atoms with van der Waals surface area (Å²) in [6.07, 6.45) is 4.34. The molecule has 2 aliphatic rings. The van der Waals surface area contributed by atoms with Crippen molar-refractivity contribution < 1.29 is 9.53 Å². The first-order valence-electron chi connectivity index (χ1n) is 7.91. The number of piperidine rings is 1. The number of nitrogens with zero attached hydrogens (tertiary/aromatic N) is 1. The zero-order valence-electron chi connectivity index (χ0n) is 12.7. The Hall–Kier alpha value is -1.55. The minimum absolute atomic E-state index is 0.355. The highest BCUT2D eigenvalue weighted by molar-refractivity contribution is 5.81. The Morgan fingerprint density at radius 2 is 1.86 bits per heavy atom. The maximum absolute atomic E-state index is 12.0. The third-order valence-corrected chi connectivity index (χ3v) is 4.49. The topological polar surface area (TPSA) is 41.6 Å². The Kier molecular flexibility index (Phi) is 4.44. The molecule has 1 saturated carbocycles. The highest BCUT2D eigenvalue weighted by Crippen LogP contribution is 2.31. The standard InChI is InChI=1S/C17H24N2O2/c1-21-16-6-2-13(3-7-16)12-18-15-8-10-19(11-9-15)17(20)14-4-5-14/h2-3,6-7,14-15,18H,4-5,8-12H2,1H3. The minimum Gasteiger partial charge on any atom is -0.497 e. The van der Waals surface area contributed by atoms with E-state index in [1.165, 1.54) is 5.56 Å². The second-order valence-electron chi connectivity index (χ2n) is 6.10. The van der Waals surface area contributed by atoms with Crippen molar-refractivity contribution in [1.29, 1.82) is 0 Å². The minimum atomic E-state index is 0.355. The Balaban J connectivity index is 1.41. The van der Waals surface area contributed by atoms with E-state index >= 15 is 0 Å². The molecule has 1 aliphatic heterocycles. The lowest BCUT2D eigenvalue weighted by Crippen LogP contribution is -2.45. The SMILES string of the molecule is COc1ccc(CNC2CCN(C(=O)C3CC3)CC2)cc1. The molecule has 1 aromatic rings. The van der Waals surface area contributed by atoms with Gasteiger partial charge in [-0.25, -0.2) is 0 Å². The first-order valence-corrected chi connectivity index (χ1v) is 7.91. The van der Waals surface area contributed by atoms with Gasteiger partial charge in [0.1, 0.15) is 5.75 Å². The molecule has 4 nitrogen and oxygen atoms in total. The first kappa shape index (κ1) is 14.4. The lowest BCUT2D eigenvalue weighted by atomic mass is 10.0. The van der Waals surface area contributed by atoms with Crippen LogP contribution >= 0.6 is 0 Å². The van der Waals surface area contributed by atoms with Crippen LogP contribution in [-0.4, -0.2) is 37.0 Å². The van der Waals surface area contributed by atoms with E-state index in [4.69, 9.17) is 4.74 Å². The lowest BCUT2D eigenvalue weighted by molar-refractivity contribution is -0.133. The van der Waals surface area contributed by atoms with Crippen molar-refractivity contribution >= 4 is 5.91 Å². The van der Waals surface area contributed by atoms with Crippen molar-refractivity contribution in [3.05, 3.63) is 29.8 Å². The summed E-state index contributed by atoms with van der Waals surface area (Å²) in [4.78, 5) is 14.1. The number of carbonyl (C=O) groups is 1. The van der Waals surface area contributed by atoms with Crippen LogP contribution in [0.25, 0.3) is 0 Å². The van der Waals surface area contributed by atoms with Crippen molar-refractivity contribution in [3.8, 4) is 5.75 Å². The first-order chi connectivity index (χ1) is 10.3. The molecule has 2 fully saturated rings. The molecule has 21 heavy (non-hydrogen) atoms. The van der Waals surface area contributed by atoms with Crippen LogP contribution in [-0.2, 0) is 11.3 Å². The molecular formula is C17H24N2O2. The molecule has 1 aromatic carbocycles. The molecule has 0 radical (unpaired) electrons. The number of amides is 1. The van der Waals surface area contributed by atoms with E-state index in [0.29, 0.717) is 17.9 Å². The number of methoxy groups -OCH3 is 1. The van der Waals surface area contributed by atoms with Crippen LogP contribution < -0.4 is 10.1 Å². The zero-order valence-corrected chi connectivity index (χ0v) is 12.7. The van der Waals surface area contributed by atoms with Crippen molar-refractivity contribution in [2.24, 2.45) is 5.92 Å². The van der Waals surface area contributed by atoms with Gasteiger partial charge >= 0.3 is 0 Å². The largest absolute Gasteiger partial charge is 0.497 e. The van der Waals surface area contributed by atoms with Gasteiger partial charge in [0, 0.05) is 31.6 Å². The van der Waals surface area contributed by atoms with E-state index in [0.717, 1.165) is 51.1 Å². The van der Waals surface area contributed by atoms with Crippen LogP contribution in [0.1, 0.15) is 31.2 Å². The van der Waals surface area contributed by atoms with E-state index in [2.05, 4.69) is 22.3 Å². The van der Waals surface area contributed by atoms with Gasteiger partial charge in [0.2, 0.25) is 5.91 Å². The van der Waals surface area contributed by atoms with E-state index in [-0.39, 0.29) is 0 Å². The third-order valence-electron chi connectivity index (χ3n) is 4.49. The molecule has 4 heteroatoms. The van der Waals surface area contributed by atoms with Gasteiger partial charge in [-0.05, 0) is 43.4 Å². The second kappa shape index (κ2) is 6.48. The molecule has 0 aromatic heterocycles. The van der Waals surface area contributed by atoms with Gasteiger partial charge < -0.3 is 15.0 Å². The quantitative estimate of drug-likeness (QED) is 0.903. The number of rotatable bonds is 5. The normalized spacial score (nSPS) is 19.6. The summed E-state index contributed by atoms with van der Waals surface area (Å²) in [5.74, 6) is 1.64. The van der Waals surface area contributed by atoms with Crippen molar-refractivity contribution in [2.75, 3.05) is 20.2 Å². The van der Waals surface area contributed by atoms with Crippen LogP contribution in [0.15, 0.2) is 24.3 Å². The predicted octanol–water partition coefficient (Wildman–Crippen LogP) is 2.19. The molecule has 1 saturated heterocycles. The zero-order chi connectivity index (χ0) is 14.7. The van der Waals surface area contributed by atoms with E-state index in [9.17, 15) is 4.79 Å². The van der Waals surface area contributed by atoms with Crippen molar-refractivity contribution in [2.45, 2.75) is 38.3 Å². The lowest BCUT2D eigenvalue weighted by Gasteiger charge is -2.32. The number of benzene rings is 1. The van der Waals surface area contributed by atoms with Gasteiger partial charge in [0.25, 0.3) is 0 Å². The Bertz CT molecular complexity index is 474. The summed E-state index contributed by atoms with van der Waals surface area (Å²) < 4.78 is 5.16. The van der Waals surface area contributed by atoms with Crippen LogP contribution in [0.4, 0.5) is 0 Å². The molecule has 1 aliphatic carbocycles. The predicted molar refractivity (Wildman–Crippen MR) is 82.2 cm³/mol. The van der Waals surface area contributed by atoms with E-state index < -0.39 is 0 Å². The number of ether oxygens (including phenoxy) is 1. The molecule has 0 spiro atoms. The fourth-order valence-corrected chi connectivity index (χ4v) is 2.90. The van der Waals surface area contributed by atoms with Crippen LogP contribution in [0.5, 0.6) is 5.75 Å². The Labute approximate surface area is 126 Å². The van der Waals surface area contributed by atoms with Gasteiger partial charge in [-0.3, -0.25) is 4.79 Å². The van der Waals surface area contributed by atoms with Crippen molar-refractivity contribution in [1.82, 2.24) is 10.2 Å². The highest BCUT2D eigenvalue weighted by Gasteiger charge is 2.34. The summed E-state index contributed by atoms with van der Waals surface area (Å²) >= 11 is 0.